The van der Waals surface area contributed by atoms with Gasteiger partial charge in [0.1, 0.15) is 5.75 Å². The second-order valence-electron chi connectivity index (χ2n) is 7.42. The minimum atomic E-state index is -0.324. The lowest BCUT2D eigenvalue weighted by Gasteiger charge is -2.10. The molecule has 0 saturated carbocycles. The largest absolute Gasteiger partial charge is 0.492 e. The monoisotopic (exact) mass is 412 g/mol. The molecular weight excluding hydrogens is 387 g/mol. The van der Waals surface area contributed by atoms with Crippen molar-refractivity contribution in [2.75, 3.05) is 13.2 Å². The lowest BCUT2D eigenvalue weighted by molar-refractivity contribution is 0.302. The van der Waals surface area contributed by atoms with Crippen molar-refractivity contribution < 1.29 is 13.9 Å². The molecule has 4 aromatic carbocycles. The third-order valence-electron chi connectivity index (χ3n) is 5.06. The van der Waals surface area contributed by atoms with Gasteiger partial charge in [-0.05, 0) is 47.9 Å². The summed E-state index contributed by atoms with van der Waals surface area (Å²) >= 11 is 0. The van der Waals surface area contributed by atoms with Gasteiger partial charge in [0, 0.05) is 16.3 Å². The third kappa shape index (κ3) is 4.49. The highest BCUT2D eigenvalue weighted by Gasteiger charge is 2.09. The van der Waals surface area contributed by atoms with Crippen molar-refractivity contribution in [2.24, 2.45) is 0 Å². The Morgan fingerprint density at radius 1 is 0.710 bits per heavy atom. The first kappa shape index (κ1) is 20.8. The SMILES string of the molecule is CCCOc1ccc2cc(C#Cc3c(OCCC)ccc4ccccc34)ccc2c1F. The van der Waals surface area contributed by atoms with Crippen LogP contribution in [0.5, 0.6) is 11.5 Å². The van der Waals surface area contributed by atoms with Crippen molar-refractivity contribution in [3.63, 3.8) is 0 Å². The van der Waals surface area contributed by atoms with Gasteiger partial charge in [-0.1, -0.05) is 68.2 Å². The molecule has 0 heterocycles. The second-order valence-corrected chi connectivity index (χ2v) is 7.42. The lowest BCUT2D eigenvalue weighted by Crippen LogP contribution is -1.98. The molecule has 0 saturated heterocycles. The van der Waals surface area contributed by atoms with Gasteiger partial charge in [0.05, 0.1) is 18.8 Å². The molecule has 0 bridgehead atoms. The molecule has 31 heavy (non-hydrogen) atoms. The number of fused-ring (bicyclic) bond motifs is 2. The minimum Gasteiger partial charge on any atom is -0.492 e. The highest BCUT2D eigenvalue weighted by atomic mass is 19.1. The Labute approximate surface area is 182 Å². The molecule has 0 aromatic heterocycles. The van der Waals surface area contributed by atoms with Crippen molar-refractivity contribution in [1.29, 1.82) is 0 Å². The first-order valence-electron chi connectivity index (χ1n) is 10.7. The van der Waals surface area contributed by atoms with Crippen LogP contribution in [-0.4, -0.2) is 13.2 Å². The van der Waals surface area contributed by atoms with Gasteiger partial charge in [0.2, 0.25) is 0 Å². The van der Waals surface area contributed by atoms with Gasteiger partial charge in [-0.2, -0.15) is 0 Å². The Kier molecular flexibility index (Phi) is 6.38. The van der Waals surface area contributed by atoms with E-state index in [-0.39, 0.29) is 5.82 Å². The van der Waals surface area contributed by atoms with Crippen LogP contribution in [0.4, 0.5) is 4.39 Å². The van der Waals surface area contributed by atoms with Crippen molar-refractivity contribution >= 4 is 21.5 Å². The Balaban J connectivity index is 1.73. The summed E-state index contributed by atoms with van der Waals surface area (Å²) < 4.78 is 26.2. The smallest absolute Gasteiger partial charge is 0.172 e. The molecule has 0 atom stereocenters. The van der Waals surface area contributed by atoms with E-state index in [1.807, 2.05) is 43.3 Å². The van der Waals surface area contributed by atoms with Crippen LogP contribution in [0.3, 0.4) is 0 Å². The van der Waals surface area contributed by atoms with Crippen LogP contribution in [0, 0.1) is 17.7 Å². The molecule has 0 N–H and O–H groups in total. The topological polar surface area (TPSA) is 18.5 Å². The van der Waals surface area contributed by atoms with E-state index in [9.17, 15) is 4.39 Å². The molecule has 0 unspecified atom stereocenters. The molecule has 0 spiro atoms. The Hall–Kier alpha value is -3.51. The molecule has 156 valence electrons. The van der Waals surface area contributed by atoms with Crippen LogP contribution in [-0.2, 0) is 0 Å². The van der Waals surface area contributed by atoms with Crippen molar-refractivity contribution in [3.8, 4) is 23.3 Å². The number of hydrogen-bond acceptors (Lipinski definition) is 2. The van der Waals surface area contributed by atoms with Crippen LogP contribution in [0.25, 0.3) is 21.5 Å². The fraction of sp³-hybridized carbons (Fsp3) is 0.214. The van der Waals surface area contributed by atoms with Crippen LogP contribution < -0.4 is 9.47 Å². The fourth-order valence-corrected chi connectivity index (χ4v) is 3.52. The molecular formula is C28H25FO2. The summed E-state index contributed by atoms with van der Waals surface area (Å²) in [6, 6.07) is 21.3. The zero-order valence-corrected chi connectivity index (χ0v) is 17.9. The highest BCUT2D eigenvalue weighted by molar-refractivity contribution is 5.91. The van der Waals surface area contributed by atoms with E-state index >= 15 is 0 Å². The zero-order chi connectivity index (χ0) is 21.6. The van der Waals surface area contributed by atoms with Crippen LogP contribution in [0.15, 0.2) is 66.7 Å². The van der Waals surface area contributed by atoms with Gasteiger partial charge in [-0.15, -0.1) is 0 Å². The molecule has 2 nitrogen and oxygen atoms in total. The molecule has 4 rings (SSSR count). The maximum Gasteiger partial charge on any atom is 0.172 e. The number of rotatable bonds is 6. The van der Waals surface area contributed by atoms with Crippen LogP contribution in [0.2, 0.25) is 0 Å². The van der Waals surface area contributed by atoms with Gasteiger partial charge in [-0.25, -0.2) is 4.39 Å². The molecule has 0 radical (unpaired) electrons. The standard InChI is InChI=1S/C28H25FO2/c1-3-17-30-26-15-11-21-7-5-6-8-23(21)25(26)14-10-20-9-13-24-22(19-20)12-16-27(28(24)29)31-18-4-2/h5-9,11-13,15-16,19H,3-4,17-18H2,1-2H3. The Morgan fingerprint density at radius 2 is 1.42 bits per heavy atom. The first-order valence-corrected chi connectivity index (χ1v) is 10.7. The fourth-order valence-electron chi connectivity index (χ4n) is 3.52. The molecule has 0 aliphatic heterocycles. The number of hydrogen-bond donors (Lipinski definition) is 0. The van der Waals surface area contributed by atoms with Gasteiger partial charge in [0.15, 0.2) is 11.6 Å². The van der Waals surface area contributed by atoms with E-state index in [0.717, 1.165) is 45.9 Å². The quantitative estimate of drug-likeness (QED) is 0.314. The van der Waals surface area contributed by atoms with E-state index in [2.05, 4.69) is 37.0 Å². The first-order chi connectivity index (χ1) is 15.2. The maximum atomic E-state index is 14.7. The normalized spacial score (nSPS) is 10.7. The van der Waals surface area contributed by atoms with Gasteiger partial charge in [0.25, 0.3) is 0 Å². The summed E-state index contributed by atoms with van der Waals surface area (Å²) in [4.78, 5) is 0. The molecule has 4 aromatic rings. The van der Waals surface area contributed by atoms with E-state index in [0.29, 0.717) is 24.3 Å². The number of halogens is 1. The van der Waals surface area contributed by atoms with Crippen molar-refractivity contribution in [3.05, 3.63) is 83.7 Å². The summed E-state index contributed by atoms with van der Waals surface area (Å²) in [6.07, 6.45) is 1.77. The molecule has 3 heteroatoms. The Bertz CT molecular complexity index is 1280. The van der Waals surface area contributed by atoms with Gasteiger partial charge >= 0.3 is 0 Å². The zero-order valence-electron chi connectivity index (χ0n) is 17.9. The van der Waals surface area contributed by atoms with E-state index in [4.69, 9.17) is 9.47 Å². The van der Waals surface area contributed by atoms with Crippen LogP contribution >= 0.6 is 0 Å². The minimum absolute atomic E-state index is 0.293. The summed E-state index contributed by atoms with van der Waals surface area (Å²) in [5.74, 6) is 7.31. The molecule has 0 fully saturated rings. The number of ether oxygens (including phenoxy) is 2. The van der Waals surface area contributed by atoms with Gasteiger partial charge < -0.3 is 9.47 Å². The maximum absolute atomic E-state index is 14.7. The Morgan fingerprint density at radius 3 is 2.23 bits per heavy atom. The van der Waals surface area contributed by atoms with Crippen molar-refractivity contribution in [2.45, 2.75) is 26.7 Å². The van der Waals surface area contributed by atoms with E-state index < -0.39 is 0 Å². The average molecular weight is 413 g/mol. The summed E-state index contributed by atoms with van der Waals surface area (Å²) in [5, 5.41) is 3.52. The highest BCUT2D eigenvalue weighted by Crippen LogP contribution is 2.29. The predicted molar refractivity (Wildman–Crippen MR) is 125 cm³/mol. The van der Waals surface area contributed by atoms with Crippen LogP contribution in [0.1, 0.15) is 37.8 Å². The summed E-state index contributed by atoms with van der Waals surface area (Å²) in [6.45, 7) is 5.22. The number of benzene rings is 4. The van der Waals surface area contributed by atoms with Crippen molar-refractivity contribution in [1.82, 2.24) is 0 Å². The average Bonchev–Trinajstić information content (AvgIpc) is 2.81. The summed E-state index contributed by atoms with van der Waals surface area (Å²) in [7, 11) is 0. The van der Waals surface area contributed by atoms with E-state index in [1.54, 1.807) is 12.1 Å². The predicted octanol–water partition coefficient (Wildman–Crippen LogP) is 7.11. The van der Waals surface area contributed by atoms with E-state index in [1.165, 1.54) is 0 Å². The molecule has 0 aliphatic rings. The summed E-state index contributed by atoms with van der Waals surface area (Å²) in [5.41, 5.74) is 1.70. The third-order valence-corrected chi connectivity index (χ3v) is 5.06. The lowest BCUT2D eigenvalue weighted by atomic mass is 10.0. The molecule has 0 amide bonds. The van der Waals surface area contributed by atoms with Gasteiger partial charge in [-0.3, -0.25) is 0 Å². The molecule has 0 aliphatic carbocycles. The second kappa shape index (κ2) is 9.53.